The summed E-state index contributed by atoms with van der Waals surface area (Å²) in [6.07, 6.45) is 3.13. The van der Waals surface area contributed by atoms with Crippen LogP contribution in [0.25, 0.3) is 0 Å². The van der Waals surface area contributed by atoms with Crippen LogP contribution in [0.5, 0.6) is 0 Å². The van der Waals surface area contributed by atoms with E-state index in [0.717, 1.165) is 0 Å². The molecule has 2 aliphatic rings. The fourth-order valence-electron chi connectivity index (χ4n) is 2.86. The molecule has 94 valence electrons. The molecule has 1 N–H and O–H groups in total. The molecule has 0 aromatic carbocycles. The number of carbonyl (C=O) groups is 2. The van der Waals surface area contributed by atoms with Crippen LogP contribution in [0.2, 0.25) is 0 Å². The van der Waals surface area contributed by atoms with E-state index < -0.39 is 11.1 Å². The highest BCUT2D eigenvalue weighted by molar-refractivity contribution is 6.13. The molecule has 0 radical (unpaired) electrons. The molecule has 0 aliphatic carbocycles. The zero-order chi connectivity index (χ0) is 13.0. The molecule has 0 spiro atoms. The third-order valence-electron chi connectivity index (χ3n) is 3.78. The summed E-state index contributed by atoms with van der Waals surface area (Å²) in [7, 11) is 0. The fraction of sp³-hybridized carbons (Fsp3) is 0.667. The first-order valence-corrected chi connectivity index (χ1v) is 5.72. The lowest BCUT2D eigenvalue weighted by molar-refractivity contribution is -0.198. The lowest BCUT2D eigenvalue weighted by Crippen LogP contribution is -2.54. The molecule has 1 fully saturated rings. The normalized spacial score (nSPS) is 31.6. The molecule has 5 nitrogen and oxygen atoms in total. The van der Waals surface area contributed by atoms with E-state index >= 15 is 0 Å². The molecule has 5 heteroatoms. The van der Waals surface area contributed by atoms with Crippen LogP contribution in [-0.2, 0) is 9.59 Å². The van der Waals surface area contributed by atoms with Gasteiger partial charge in [0, 0.05) is 17.7 Å². The summed E-state index contributed by atoms with van der Waals surface area (Å²) >= 11 is 0. The molecule has 0 aromatic heterocycles. The van der Waals surface area contributed by atoms with Gasteiger partial charge in [0.2, 0.25) is 0 Å². The lowest BCUT2D eigenvalue weighted by Gasteiger charge is -2.37. The Morgan fingerprint density at radius 2 is 1.65 bits per heavy atom. The number of nitrogens with zero attached hydrogens (tertiary/aromatic N) is 2. The van der Waals surface area contributed by atoms with E-state index in [0.29, 0.717) is 6.42 Å². The smallest absolute Gasteiger partial charge is 0.253 e. The number of carbonyl (C=O) groups excluding carboxylic acids is 2. The van der Waals surface area contributed by atoms with Crippen LogP contribution >= 0.6 is 0 Å². The van der Waals surface area contributed by atoms with Crippen molar-refractivity contribution in [1.29, 1.82) is 0 Å². The second-order valence-corrected chi connectivity index (χ2v) is 5.88. The van der Waals surface area contributed by atoms with Gasteiger partial charge in [-0.3, -0.25) is 14.5 Å². The first kappa shape index (κ1) is 12.3. The van der Waals surface area contributed by atoms with Crippen LogP contribution in [-0.4, -0.2) is 44.1 Å². The van der Waals surface area contributed by atoms with Gasteiger partial charge in [-0.15, -0.1) is 0 Å². The Hall–Kier alpha value is -1.20. The molecular formula is C12H18N2O3. The predicted octanol–water partition coefficient (Wildman–Crippen LogP) is 0.932. The molecule has 0 bridgehead atoms. The summed E-state index contributed by atoms with van der Waals surface area (Å²) in [6.45, 7) is 7.47. The number of hydrogen-bond acceptors (Lipinski definition) is 4. The minimum Gasteiger partial charge on any atom is -0.313 e. The van der Waals surface area contributed by atoms with Crippen molar-refractivity contribution in [2.75, 3.05) is 0 Å². The van der Waals surface area contributed by atoms with Gasteiger partial charge in [-0.1, -0.05) is 0 Å². The highest BCUT2D eigenvalue weighted by Gasteiger charge is 2.55. The third kappa shape index (κ3) is 1.61. The molecule has 0 aromatic rings. The minimum atomic E-state index is -0.638. The second kappa shape index (κ2) is 3.40. The summed E-state index contributed by atoms with van der Waals surface area (Å²) in [4.78, 5) is 24.6. The Morgan fingerprint density at radius 3 is 2.00 bits per heavy atom. The van der Waals surface area contributed by atoms with Crippen molar-refractivity contribution in [2.24, 2.45) is 0 Å². The van der Waals surface area contributed by atoms with Crippen molar-refractivity contribution in [1.82, 2.24) is 9.96 Å². The summed E-state index contributed by atoms with van der Waals surface area (Å²) < 4.78 is 0. The third-order valence-corrected chi connectivity index (χ3v) is 3.78. The van der Waals surface area contributed by atoms with Gasteiger partial charge < -0.3 is 5.21 Å². The van der Waals surface area contributed by atoms with Crippen LogP contribution in [0, 0.1) is 0 Å². The van der Waals surface area contributed by atoms with Crippen molar-refractivity contribution in [2.45, 2.75) is 51.2 Å². The quantitative estimate of drug-likeness (QED) is 0.690. The van der Waals surface area contributed by atoms with E-state index in [9.17, 15) is 14.8 Å². The summed E-state index contributed by atoms with van der Waals surface area (Å²) in [5.74, 6) is -0.585. The first-order valence-electron chi connectivity index (χ1n) is 5.72. The molecule has 1 saturated heterocycles. The molecular weight excluding hydrogens is 220 g/mol. The van der Waals surface area contributed by atoms with E-state index in [1.807, 2.05) is 27.7 Å². The Kier molecular flexibility index (Phi) is 2.45. The number of amides is 2. The molecule has 2 aliphatic heterocycles. The standard InChI is InChI=1S/C12H18N2O3/c1-11(2)7-8(12(3,4)14(11)17)13-9(15)5-6-10(13)16/h5-6,8,17H,7H2,1-4H3/t8-/m1/s1. The number of hydrogen-bond donors (Lipinski definition) is 1. The molecule has 0 saturated carbocycles. The van der Waals surface area contributed by atoms with Gasteiger partial charge in [-0.05, 0) is 34.1 Å². The molecule has 2 amide bonds. The Labute approximate surface area is 101 Å². The maximum Gasteiger partial charge on any atom is 0.253 e. The lowest BCUT2D eigenvalue weighted by atomic mass is 9.93. The van der Waals surface area contributed by atoms with E-state index in [1.165, 1.54) is 22.1 Å². The first-order chi connectivity index (χ1) is 7.68. The Balaban J connectivity index is 2.35. The maximum atomic E-state index is 11.7. The van der Waals surface area contributed by atoms with E-state index in [2.05, 4.69) is 0 Å². The molecule has 2 rings (SSSR count). The highest BCUT2D eigenvalue weighted by atomic mass is 16.5. The van der Waals surface area contributed by atoms with Gasteiger partial charge >= 0.3 is 0 Å². The predicted molar refractivity (Wildman–Crippen MR) is 61.2 cm³/mol. The summed E-state index contributed by atoms with van der Waals surface area (Å²) in [5, 5.41) is 11.4. The average Bonchev–Trinajstić information content (AvgIpc) is 2.60. The van der Waals surface area contributed by atoms with Gasteiger partial charge in [0.05, 0.1) is 11.6 Å². The average molecular weight is 238 g/mol. The fourth-order valence-corrected chi connectivity index (χ4v) is 2.86. The van der Waals surface area contributed by atoms with Gasteiger partial charge in [0.25, 0.3) is 11.8 Å². The second-order valence-electron chi connectivity index (χ2n) is 5.88. The van der Waals surface area contributed by atoms with Crippen molar-refractivity contribution >= 4 is 11.8 Å². The Bertz CT molecular complexity index is 394. The minimum absolute atomic E-state index is 0.292. The monoisotopic (exact) mass is 238 g/mol. The zero-order valence-corrected chi connectivity index (χ0v) is 10.6. The molecule has 0 unspecified atom stereocenters. The Morgan fingerprint density at radius 1 is 1.18 bits per heavy atom. The SMILES string of the molecule is CC1(C)C[C@@H](N2C(=O)C=CC2=O)C(C)(C)N1O. The summed E-state index contributed by atoms with van der Waals surface area (Å²) in [6, 6.07) is -0.308. The van der Waals surface area contributed by atoms with E-state index in [-0.39, 0.29) is 17.9 Å². The highest BCUT2D eigenvalue weighted by Crippen LogP contribution is 2.42. The number of rotatable bonds is 1. The number of hydroxylamine groups is 2. The largest absolute Gasteiger partial charge is 0.313 e. The van der Waals surface area contributed by atoms with E-state index in [4.69, 9.17) is 0 Å². The van der Waals surface area contributed by atoms with Crippen LogP contribution in [0.15, 0.2) is 12.2 Å². The van der Waals surface area contributed by atoms with Crippen molar-refractivity contribution in [3.05, 3.63) is 12.2 Å². The molecule has 2 heterocycles. The van der Waals surface area contributed by atoms with Gasteiger partial charge in [0.1, 0.15) is 0 Å². The topological polar surface area (TPSA) is 60.9 Å². The van der Waals surface area contributed by atoms with Gasteiger partial charge in [-0.25, -0.2) is 0 Å². The van der Waals surface area contributed by atoms with Crippen LogP contribution in [0.3, 0.4) is 0 Å². The summed E-state index contributed by atoms with van der Waals surface area (Å²) in [5.41, 5.74) is -1.09. The van der Waals surface area contributed by atoms with Crippen LogP contribution in [0.1, 0.15) is 34.1 Å². The van der Waals surface area contributed by atoms with Gasteiger partial charge in [-0.2, -0.15) is 5.06 Å². The van der Waals surface area contributed by atoms with E-state index in [1.54, 1.807) is 0 Å². The molecule has 1 atom stereocenters. The number of imide groups is 1. The van der Waals surface area contributed by atoms with Crippen molar-refractivity contribution in [3.63, 3.8) is 0 Å². The maximum absolute atomic E-state index is 11.7. The van der Waals surface area contributed by atoms with Gasteiger partial charge in [0.15, 0.2) is 0 Å². The van der Waals surface area contributed by atoms with Crippen LogP contribution in [0.4, 0.5) is 0 Å². The molecule has 17 heavy (non-hydrogen) atoms. The van der Waals surface area contributed by atoms with Crippen LogP contribution < -0.4 is 0 Å². The van der Waals surface area contributed by atoms with Crippen molar-refractivity contribution in [3.8, 4) is 0 Å². The van der Waals surface area contributed by atoms with Crippen molar-refractivity contribution < 1.29 is 14.8 Å². The zero-order valence-electron chi connectivity index (χ0n) is 10.6.